The molecule has 22 heavy (non-hydrogen) atoms. The quantitative estimate of drug-likeness (QED) is 0.733. The van der Waals surface area contributed by atoms with Gasteiger partial charge < -0.3 is 0 Å². The monoisotopic (exact) mass is 292 g/mol. The van der Waals surface area contributed by atoms with E-state index in [1.54, 1.807) is 11.1 Å². The number of fused-ring (bicyclic) bond motifs is 4. The van der Waals surface area contributed by atoms with E-state index in [0.29, 0.717) is 0 Å². The SMILES string of the molecule is c1cnc2c(c1)CCc1cnc3c(c1CC2)CCCCCC3. The second-order valence-electron chi connectivity index (χ2n) is 6.71. The molecule has 114 valence electrons. The van der Waals surface area contributed by atoms with E-state index in [4.69, 9.17) is 4.98 Å². The summed E-state index contributed by atoms with van der Waals surface area (Å²) in [5, 5.41) is 0. The van der Waals surface area contributed by atoms with Crippen LogP contribution in [0.4, 0.5) is 0 Å². The largest absolute Gasteiger partial charge is 0.261 e. The van der Waals surface area contributed by atoms with Gasteiger partial charge in [0.25, 0.3) is 0 Å². The van der Waals surface area contributed by atoms with Gasteiger partial charge in [0, 0.05) is 23.8 Å². The molecule has 0 atom stereocenters. The van der Waals surface area contributed by atoms with Crippen LogP contribution in [-0.2, 0) is 38.5 Å². The minimum Gasteiger partial charge on any atom is -0.261 e. The fourth-order valence-corrected chi connectivity index (χ4v) is 4.10. The van der Waals surface area contributed by atoms with E-state index in [1.165, 1.54) is 61.0 Å². The number of rotatable bonds is 0. The van der Waals surface area contributed by atoms with Crippen LogP contribution >= 0.6 is 0 Å². The molecule has 0 aromatic carbocycles. The van der Waals surface area contributed by atoms with E-state index >= 15 is 0 Å². The summed E-state index contributed by atoms with van der Waals surface area (Å²) in [4.78, 5) is 9.47. The van der Waals surface area contributed by atoms with Crippen molar-refractivity contribution in [2.24, 2.45) is 0 Å². The second kappa shape index (κ2) is 6.20. The normalized spacial score (nSPS) is 18.0. The third-order valence-electron chi connectivity index (χ3n) is 5.33. The molecule has 2 aliphatic rings. The first kappa shape index (κ1) is 13.9. The van der Waals surface area contributed by atoms with Crippen LogP contribution in [0.1, 0.15) is 59.3 Å². The number of aryl methyl sites for hydroxylation is 4. The first-order chi connectivity index (χ1) is 10.9. The molecule has 0 N–H and O–H groups in total. The molecule has 2 aromatic rings. The lowest BCUT2D eigenvalue weighted by Crippen LogP contribution is -2.14. The van der Waals surface area contributed by atoms with Crippen LogP contribution < -0.4 is 0 Å². The van der Waals surface area contributed by atoms with Gasteiger partial charge in [0.2, 0.25) is 0 Å². The van der Waals surface area contributed by atoms with Crippen molar-refractivity contribution in [3.05, 3.63) is 58.2 Å². The minimum atomic E-state index is 1.08. The van der Waals surface area contributed by atoms with Crippen molar-refractivity contribution in [1.82, 2.24) is 9.97 Å². The van der Waals surface area contributed by atoms with Gasteiger partial charge in [-0.3, -0.25) is 9.97 Å². The smallest absolute Gasteiger partial charge is 0.0438 e. The predicted octanol–water partition coefficient (Wildman–Crippen LogP) is 4.02. The molecular formula is C20H24N2. The summed E-state index contributed by atoms with van der Waals surface area (Å²) in [5.41, 5.74) is 8.83. The van der Waals surface area contributed by atoms with Crippen molar-refractivity contribution >= 4 is 0 Å². The summed E-state index contributed by atoms with van der Waals surface area (Å²) in [6.07, 6.45) is 16.4. The lowest BCUT2D eigenvalue weighted by molar-refractivity contribution is 0.602. The minimum absolute atomic E-state index is 1.08. The van der Waals surface area contributed by atoms with E-state index in [0.717, 1.165) is 25.7 Å². The van der Waals surface area contributed by atoms with Crippen molar-refractivity contribution in [2.75, 3.05) is 0 Å². The highest BCUT2D eigenvalue weighted by Gasteiger charge is 2.19. The molecule has 2 aromatic heterocycles. The van der Waals surface area contributed by atoms with Crippen LogP contribution in [0, 0.1) is 0 Å². The Labute approximate surface area is 133 Å². The predicted molar refractivity (Wildman–Crippen MR) is 89.2 cm³/mol. The summed E-state index contributed by atoms with van der Waals surface area (Å²) in [7, 11) is 0. The highest BCUT2D eigenvalue weighted by Crippen LogP contribution is 2.28. The lowest BCUT2D eigenvalue weighted by atomic mass is 9.85. The van der Waals surface area contributed by atoms with Crippen molar-refractivity contribution in [3.8, 4) is 0 Å². The van der Waals surface area contributed by atoms with E-state index < -0.39 is 0 Å². The van der Waals surface area contributed by atoms with Crippen LogP contribution in [0.15, 0.2) is 24.5 Å². The van der Waals surface area contributed by atoms with Crippen molar-refractivity contribution < 1.29 is 0 Å². The second-order valence-corrected chi connectivity index (χ2v) is 6.71. The molecule has 0 amide bonds. The zero-order valence-electron chi connectivity index (χ0n) is 13.3. The Hall–Kier alpha value is -1.70. The van der Waals surface area contributed by atoms with Gasteiger partial charge >= 0.3 is 0 Å². The number of pyridine rings is 2. The zero-order valence-corrected chi connectivity index (χ0v) is 13.3. The molecule has 0 saturated heterocycles. The number of hydrogen-bond acceptors (Lipinski definition) is 2. The van der Waals surface area contributed by atoms with Gasteiger partial charge in [-0.25, -0.2) is 0 Å². The lowest BCUT2D eigenvalue weighted by Gasteiger charge is -2.22. The van der Waals surface area contributed by atoms with Crippen LogP contribution in [0.2, 0.25) is 0 Å². The van der Waals surface area contributed by atoms with Gasteiger partial charge in [0.1, 0.15) is 0 Å². The Kier molecular flexibility index (Phi) is 3.92. The maximum Gasteiger partial charge on any atom is 0.0438 e. The summed E-state index contributed by atoms with van der Waals surface area (Å²) in [6.45, 7) is 0. The van der Waals surface area contributed by atoms with Gasteiger partial charge in [-0.15, -0.1) is 0 Å². The highest BCUT2D eigenvalue weighted by molar-refractivity contribution is 5.40. The van der Waals surface area contributed by atoms with Crippen molar-refractivity contribution in [1.29, 1.82) is 0 Å². The summed E-state index contributed by atoms with van der Waals surface area (Å²) in [6, 6.07) is 4.31. The molecule has 4 rings (SSSR count). The zero-order chi connectivity index (χ0) is 14.8. The van der Waals surface area contributed by atoms with Crippen LogP contribution in [0.3, 0.4) is 0 Å². The van der Waals surface area contributed by atoms with E-state index in [2.05, 4.69) is 23.3 Å². The molecule has 0 radical (unpaired) electrons. The molecule has 2 aliphatic carbocycles. The number of hydrogen-bond donors (Lipinski definition) is 0. The van der Waals surface area contributed by atoms with Crippen LogP contribution in [-0.4, -0.2) is 9.97 Å². The molecule has 0 bridgehead atoms. The fraction of sp³-hybridized carbons (Fsp3) is 0.500. The van der Waals surface area contributed by atoms with Gasteiger partial charge in [0.05, 0.1) is 0 Å². The first-order valence-electron chi connectivity index (χ1n) is 8.83. The highest BCUT2D eigenvalue weighted by atomic mass is 14.7. The molecule has 0 aliphatic heterocycles. The Morgan fingerprint density at radius 2 is 1.50 bits per heavy atom. The molecule has 2 heteroatoms. The maximum atomic E-state index is 4.85. The Bertz CT molecular complexity index is 675. The Morgan fingerprint density at radius 1 is 0.636 bits per heavy atom. The van der Waals surface area contributed by atoms with Crippen molar-refractivity contribution in [3.63, 3.8) is 0 Å². The fourth-order valence-electron chi connectivity index (χ4n) is 4.10. The molecule has 2 nitrogen and oxygen atoms in total. The van der Waals surface area contributed by atoms with Crippen LogP contribution in [0.25, 0.3) is 0 Å². The molecule has 0 spiro atoms. The summed E-state index contributed by atoms with van der Waals surface area (Å²) >= 11 is 0. The summed E-state index contributed by atoms with van der Waals surface area (Å²) in [5.74, 6) is 0. The molecule has 0 saturated carbocycles. The van der Waals surface area contributed by atoms with Gasteiger partial charge in [0.15, 0.2) is 0 Å². The van der Waals surface area contributed by atoms with Gasteiger partial charge in [-0.1, -0.05) is 18.9 Å². The average molecular weight is 292 g/mol. The van der Waals surface area contributed by atoms with Gasteiger partial charge in [-0.05, 0) is 79.7 Å². The van der Waals surface area contributed by atoms with Gasteiger partial charge in [-0.2, -0.15) is 0 Å². The Balaban J connectivity index is 1.71. The van der Waals surface area contributed by atoms with E-state index in [-0.39, 0.29) is 0 Å². The standard InChI is InChI=1S/C20H24N2/c1-2-4-8-20-18(7-3-1)17-11-12-19-15(6-5-13-21-19)9-10-16(17)14-22-20/h5-6,13-14H,1-4,7-12H2. The van der Waals surface area contributed by atoms with E-state index in [1.807, 2.05) is 6.20 Å². The number of aromatic nitrogens is 2. The molecule has 0 fully saturated rings. The van der Waals surface area contributed by atoms with Crippen molar-refractivity contribution in [2.45, 2.75) is 64.2 Å². The topological polar surface area (TPSA) is 25.8 Å². The van der Waals surface area contributed by atoms with E-state index in [9.17, 15) is 0 Å². The third kappa shape index (κ3) is 2.67. The third-order valence-corrected chi connectivity index (χ3v) is 5.33. The van der Waals surface area contributed by atoms with Crippen LogP contribution in [0.5, 0.6) is 0 Å². The first-order valence-corrected chi connectivity index (χ1v) is 8.83. The summed E-state index contributed by atoms with van der Waals surface area (Å²) < 4.78 is 0. The maximum absolute atomic E-state index is 4.85. The number of nitrogens with zero attached hydrogens (tertiary/aromatic N) is 2. The molecular weight excluding hydrogens is 268 g/mol. The Morgan fingerprint density at radius 3 is 2.45 bits per heavy atom. The molecule has 0 unspecified atom stereocenters. The average Bonchev–Trinajstić information content (AvgIpc) is 2.50. The molecule has 2 heterocycles.